The fourth-order valence-electron chi connectivity index (χ4n) is 1.50. The van der Waals surface area contributed by atoms with E-state index in [0.29, 0.717) is 11.0 Å². The van der Waals surface area contributed by atoms with Crippen LogP contribution in [0.4, 0.5) is 17.5 Å². The van der Waals surface area contributed by atoms with Gasteiger partial charge in [-0.1, -0.05) is 11.6 Å². The maximum atomic E-state index is 5.84. The summed E-state index contributed by atoms with van der Waals surface area (Å²) in [5.74, 6) is 1.46. The third-order valence-electron chi connectivity index (χ3n) is 2.40. The van der Waals surface area contributed by atoms with Gasteiger partial charge in [0, 0.05) is 36.6 Å². The van der Waals surface area contributed by atoms with Crippen LogP contribution in [-0.4, -0.2) is 24.1 Å². The third kappa shape index (κ3) is 3.11. The molecule has 1 aromatic heterocycles. The first-order valence-corrected chi connectivity index (χ1v) is 5.98. The van der Waals surface area contributed by atoms with Gasteiger partial charge >= 0.3 is 0 Å². The van der Waals surface area contributed by atoms with Crippen LogP contribution in [0.2, 0.25) is 5.02 Å². The first-order valence-electron chi connectivity index (χ1n) is 5.60. The molecule has 94 valence electrons. The summed E-state index contributed by atoms with van der Waals surface area (Å²) < 4.78 is 0. The first-order chi connectivity index (χ1) is 8.54. The van der Waals surface area contributed by atoms with Crippen LogP contribution in [-0.2, 0) is 0 Å². The molecule has 1 heterocycles. The van der Waals surface area contributed by atoms with Crippen LogP contribution < -0.4 is 10.2 Å². The normalized spacial score (nSPS) is 10.2. The average molecular weight is 263 g/mol. The number of nitrogens with zero attached hydrogens (tertiary/aromatic N) is 3. The molecule has 0 aliphatic carbocycles. The van der Waals surface area contributed by atoms with Gasteiger partial charge in [-0.15, -0.1) is 0 Å². The largest absolute Gasteiger partial charge is 0.363 e. The van der Waals surface area contributed by atoms with Gasteiger partial charge in [-0.2, -0.15) is 4.98 Å². The van der Waals surface area contributed by atoms with Crippen molar-refractivity contribution in [3.05, 3.63) is 41.0 Å². The Hall–Kier alpha value is -1.81. The summed E-state index contributed by atoms with van der Waals surface area (Å²) in [5.41, 5.74) is 1.83. The van der Waals surface area contributed by atoms with E-state index in [1.54, 1.807) is 0 Å². The number of nitrogens with one attached hydrogen (secondary N) is 1. The van der Waals surface area contributed by atoms with Crippen molar-refractivity contribution < 1.29 is 0 Å². The molecule has 2 aromatic rings. The number of hydrogen-bond donors (Lipinski definition) is 1. The van der Waals surface area contributed by atoms with Crippen LogP contribution in [0.3, 0.4) is 0 Å². The number of aryl methyl sites for hydroxylation is 1. The summed E-state index contributed by atoms with van der Waals surface area (Å²) in [6.45, 7) is 1.95. The number of halogens is 1. The van der Waals surface area contributed by atoms with Crippen LogP contribution in [0, 0.1) is 6.92 Å². The summed E-state index contributed by atoms with van der Waals surface area (Å²) >= 11 is 5.84. The van der Waals surface area contributed by atoms with Crippen LogP contribution in [0.15, 0.2) is 30.3 Å². The minimum Gasteiger partial charge on any atom is -0.363 e. The Kier molecular flexibility index (Phi) is 3.67. The molecule has 0 bridgehead atoms. The second-order valence-electron chi connectivity index (χ2n) is 4.22. The lowest BCUT2D eigenvalue weighted by molar-refractivity contribution is 1.02. The lowest BCUT2D eigenvalue weighted by atomic mass is 10.3. The first kappa shape index (κ1) is 12.6. The standard InChI is InChI=1S/C13H15ClN4/c1-9-8-12(18(2)3)17-13(15-9)16-11-6-4-10(14)5-7-11/h4-8H,1-3H3,(H,15,16,17). The van der Waals surface area contributed by atoms with Gasteiger partial charge in [0.25, 0.3) is 0 Å². The molecule has 1 N–H and O–H groups in total. The highest BCUT2D eigenvalue weighted by Crippen LogP contribution is 2.18. The molecule has 0 atom stereocenters. The Labute approximate surface area is 112 Å². The number of hydrogen-bond acceptors (Lipinski definition) is 4. The molecule has 0 saturated carbocycles. The summed E-state index contributed by atoms with van der Waals surface area (Å²) in [5, 5.41) is 3.87. The summed E-state index contributed by atoms with van der Waals surface area (Å²) in [6.07, 6.45) is 0. The van der Waals surface area contributed by atoms with Crippen molar-refractivity contribution in [3.63, 3.8) is 0 Å². The molecule has 0 saturated heterocycles. The van der Waals surface area contributed by atoms with Crippen molar-refractivity contribution in [1.82, 2.24) is 9.97 Å². The molecule has 5 heteroatoms. The van der Waals surface area contributed by atoms with E-state index in [2.05, 4.69) is 15.3 Å². The summed E-state index contributed by atoms with van der Waals surface area (Å²) in [7, 11) is 3.90. The SMILES string of the molecule is Cc1cc(N(C)C)nc(Nc2ccc(Cl)cc2)n1. The van der Waals surface area contributed by atoms with E-state index in [-0.39, 0.29) is 0 Å². The smallest absolute Gasteiger partial charge is 0.229 e. The van der Waals surface area contributed by atoms with E-state index in [1.807, 2.05) is 56.3 Å². The molecular weight excluding hydrogens is 248 g/mol. The van der Waals surface area contributed by atoms with E-state index in [4.69, 9.17) is 11.6 Å². The Bertz CT molecular complexity index is 537. The Morgan fingerprint density at radius 2 is 1.78 bits per heavy atom. The van der Waals surface area contributed by atoms with Crippen molar-refractivity contribution in [2.45, 2.75) is 6.92 Å². The predicted octanol–water partition coefficient (Wildman–Crippen LogP) is 3.25. The fourth-order valence-corrected chi connectivity index (χ4v) is 1.63. The van der Waals surface area contributed by atoms with Crippen molar-refractivity contribution in [2.24, 2.45) is 0 Å². The quantitative estimate of drug-likeness (QED) is 0.922. The van der Waals surface area contributed by atoms with Crippen LogP contribution >= 0.6 is 11.6 Å². The molecule has 0 unspecified atom stereocenters. The van der Waals surface area contributed by atoms with E-state index >= 15 is 0 Å². The highest BCUT2D eigenvalue weighted by Gasteiger charge is 2.04. The number of aromatic nitrogens is 2. The zero-order chi connectivity index (χ0) is 13.1. The monoisotopic (exact) mass is 262 g/mol. The summed E-state index contributed by atoms with van der Waals surface area (Å²) in [6, 6.07) is 9.37. The lowest BCUT2D eigenvalue weighted by Gasteiger charge is -2.13. The van der Waals surface area contributed by atoms with Gasteiger partial charge in [0.2, 0.25) is 5.95 Å². The molecule has 0 radical (unpaired) electrons. The second-order valence-corrected chi connectivity index (χ2v) is 4.65. The van der Waals surface area contributed by atoms with Crippen LogP contribution in [0.1, 0.15) is 5.69 Å². The van der Waals surface area contributed by atoms with Gasteiger partial charge in [-0.25, -0.2) is 4.98 Å². The fraction of sp³-hybridized carbons (Fsp3) is 0.231. The highest BCUT2D eigenvalue weighted by atomic mass is 35.5. The van der Waals surface area contributed by atoms with Gasteiger partial charge in [0.15, 0.2) is 0 Å². The molecule has 4 nitrogen and oxygen atoms in total. The van der Waals surface area contributed by atoms with Gasteiger partial charge in [-0.3, -0.25) is 0 Å². The molecule has 0 spiro atoms. The molecular formula is C13H15ClN4. The zero-order valence-corrected chi connectivity index (χ0v) is 11.4. The molecule has 2 rings (SSSR count). The van der Waals surface area contributed by atoms with Crippen molar-refractivity contribution in [3.8, 4) is 0 Å². The van der Waals surface area contributed by atoms with Crippen molar-refractivity contribution in [2.75, 3.05) is 24.3 Å². The molecule has 0 fully saturated rings. The van der Waals surface area contributed by atoms with Gasteiger partial charge < -0.3 is 10.2 Å². The topological polar surface area (TPSA) is 41.1 Å². The minimum absolute atomic E-state index is 0.584. The third-order valence-corrected chi connectivity index (χ3v) is 2.65. The van der Waals surface area contributed by atoms with Crippen LogP contribution in [0.25, 0.3) is 0 Å². The van der Waals surface area contributed by atoms with Crippen molar-refractivity contribution >= 4 is 29.1 Å². The molecule has 18 heavy (non-hydrogen) atoms. The Balaban J connectivity index is 2.26. The maximum Gasteiger partial charge on any atom is 0.229 e. The van der Waals surface area contributed by atoms with E-state index in [9.17, 15) is 0 Å². The van der Waals surface area contributed by atoms with Gasteiger partial charge in [0.05, 0.1) is 0 Å². The highest BCUT2D eigenvalue weighted by molar-refractivity contribution is 6.30. The lowest BCUT2D eigenvalue weighted by Crippen LogP contribution is -2.12. The zero-order valence-electron chi connectivity index (χ0n) is 10.6. The predicted molar refractivity (Wildman–Crippen MR) is 75.8 cm³/mol. The van der Waals surface area contributed by atoms with Gasteiger partial charge in [-0.05, 0) is 31.2 Å². The van der Waals surface area contributed by atoms with E-state index in [1.165, 1.54) is 0 Å². The number of benzene rings is 1. The molecule has 0 amide bonds. The summed E-state index contributed by atoms with van der Waals surface area (Å²) in [4.78, 5) is 10.7. The minimum atomic E-state index is 0.584. The van der Waals surface area contributed by atoms with Crippen LogP contribution in [0.5, 0.6) is 0 Å². The van der Waals surface area contributed by atoms with E-state index < -0.39 is 0 Å². The molecule has 0 aliphatic heterocycles. The van der Waals surface area contributed by atoms with E-state index in [0.717, 1.165) is 17.2 Å². The second kappa shape index (κ2) is 5.23. The molecule has 0 aliphatic rings. The van der Waals surface area contributed by atoms with Crippen molar-refractivity contribution in [1.29, 1.82) is 0 Å². The Morgan fingerprint density at radius 1 is 1.11 bits per heavy atom. The number of rotatable bonds is 3. The maximum absolute atomic E-state index is 5.84. The molecule has 1 aromatic carbocycles. The average Bonchev–Trinajstić information content (AvgIpc) is 2.31. The Morgan fingerprint density at radius 3 is 2.39 bits per heavy atom. The van der Waals surface area contributed by atoms with Gasteiger partial charge in [0.1, 0.15) is 5.82 Å². The number of anilines is 3.